The molecule has 2 aromatic carbocycles. The fraction of sp³-hybridized carbons (Fsp3) is 0.176. The smallest absolute Gasteiger partial charge is 0.257 e. The number of sulfone groups is 1. The predicted molar refractivity (Wildman–Crippen MR) is 97.8 cm³/mol. The summed E-state index contributed by atoms with van der Waals surface area (Å²) in [5.74, 6) is -0.277. The first-order valence-electron chi connectivity index (χ1n) is 7.37. The lowest BCUT2D eigenvalue weighted by atomic mass is 10.1. The van der Waals surface area contributed by atoms with Gasteiger partial charge < -0.3 is 4.74 Å². The van der Waals surface area contributed by atoms with Crippen LogP contribution in [0.5, 0.6) is 0 Å². The molecule has 0 aliphatic rings. The molecule has 3 rings (SSSR count). The van der Waals surface area contributed by atoms with E-state index in [4.69, 9.17) is 4.74 Å². The molecule has 0 unspecified atom stereocenters. The Morgan fingerprint density at radius 2 is 2.04 bits per heavy atom. The molecule has 0 radical (unpaired) electrons. The van der Waals surface area contributed by atoms with Gasteiger partial charge in [0.05, 0.1) is 21.7 Å². The van der Waals surface area contributed by atoms with Crippen LogP contribution in [0.3, 0.4) is 0 Å². The molecule has 0 fully saturated rings. The predicted octanol–water partition coefficient (Wildman–Crippen LogP) is 3.10. The molecular weight excluding hydrogens is 360 g/mol. The molecule has 0 spiro atoms. The van der Waals surface area contributed by atoms with Crippen molar-refractivity contribution in [3.05, 3.63) is 53.6 Å². The van der Waals surface area contributed by atoms with Crippen LogP contribution < -0.4 is 5.32 Å². The van der Waals surface area contributed by atoms with Gasteiger partial charge >= 0.3 is 0 Å². The van der Waals surface area contributed by atoms with E-state index in [1.807, 2.05) is 6.07 Å². The van der Waals surface area contributed by atoms with Crippen LogP contribution in [-0.2, 0) is 21.2 Å². The molecule has 8 heteroatoms. The zero-order chi connectivity index (χ0) is 18.0. The van der Waals surface area contributed by atoms with Crippen LogP contribution in [0.2, 0.25) is 0 Å². The van der Waals surface area contributed by atoms with Crippen molar-refractivity contribution in [3.63, 3.8) is 0 Å². The first-order chi connectivity index (χ1) is 11.9. The van der Waals surface area contributed by atoms with Gasteiger partial charge in [0.25, 0.3) is 5.91 Å². The van der Waals surface area contributed by atoms with Gasteiger partial charge in [0.2, 0.25) is 0 Å². The van der Waals surface area contributed by atoms with E-state index in [0.29, 0.717) is 27.5 Å². The van der Waals surface area contributed by atoms with Gasteiger partial charge in [-0.3, -0.25) is 10.1 Å². The third-order valence-electron chi connectivity index (χ3n) is 3.51. The Hall–Kier alpha value is -2.29. The van der Waals surface area contributed by atoms with E-state index in [1.165, 1.54) is 17.4 Å². The highest BCUT2D eigenvalue weighted by Gasteiger charge is 2.13. The number of amides is 1. The molecule has 0 saturated carbocycles. The maximum Gasteiger partial charge on any atom is 0.257 e. The number of benzene rings is 2. The summed E-state index contributed by atoms with van der Waals surface area (Å²) in [6.45, 7) is 0.427. The van der Waals surface area contributed by atoms with Crippen molar-refractivity contribution in [2.24, 2.45) is 0 Å². The largest absolute Gasteiger partial charge is 0.380 e. The van der Waals surface area contributed by atoms with Crippen LogP contribution >= 0.6 is 11.3 Å². The standard InChI is InChI=1S/C17H16N2O4S2/c1-23-10-11-4-3-5-12(8-11)16(20)19-17-18-14-7-6-13(25(2,21)22)9-15(14)24-17/h3-9H,10H2,1-2H3,(H,18,19,20). The Labute approximate surface area is 149 Å². The number of hydrogen-bond acceptors (Lipinski definition) is 6. The molecule has 25 heavy (non-hydrogen) atoms. The van der Waals surface area contributed by atoms with Gasteiger partial charge in [-0.15, -0.1) is 0 Å². The van der Waals surface area contributed by atoms with Crippen LogP contribution in [0.1, 0.15) is 15.9 Å². The maximum atomic E-state index is 12.4. The summed E-state index contributed by atoms with van der Waals surface area (Å²) in [6, 6.07) is 11.9. The second-order valence-corrected chi connectivity index (χ2v) is 8.55. The lowest BCUT2D eigenvalue weighted by Gasteiger charge is -2.04. The highest BCUT2D eigenvalue weighted by molar-refractivity contribution is 7.90. The highest BCUT2D eigenvalue weighted by atomic mass is 32.2. The van der Waals surface area contributed by atoms with Gasteiger partial charge in [0.15, 0.2) is 15.0 Å². The third-order valence-corrected chi connectivity index (χ3v) is 5.55. The fourth-order valence-corrected chi connectivity index (χ4v) is 3.95. The number of fused-ring (bicyclic) bond motifs is 1. The Kier molecular flexibility index (Phi) is 4.85. The Morgan fingerprint density at radius 1 is 1.24 bits per heavy atom. The molecule has 6 nitrogen and oxygen atoms in total. The van der Waals surface area contributed by atoms with Gasteiger partial charge in [-0.05, 0) is 35.9 Å². The first-order valence-corrected chi connectivity index (χ1v) is 10.1. The maximum absolute atomic E-state index is 12.4. The average molecular weight is 376 g/mol. The molecule has 1 N–H and O–H groups in total. The number of hydrogen-bond donors (Lipinski definition) is 1. The molecule has 0 aliphatic heterocycles. The highest BCUT2D eigenvalue weighted by Crippen LogP contribution is 2.28. The normalized spacial score (nSPS) is 11.6. The molecule has 3 aromatic rings. The number of thiazole rings is 1. The van der Waals surface area contributed by atoms with Crippen molar-refractivity contribution in [2.75, 3.05) is 18.7 Å². The first kappa shape index (κ1) is 17.5. The van der Waals surface area contributed by atoms with E-state index in [9.17, 15) is 13.2 Å². The van der Waals surface area contributed by atoms with Crippen LogP contribution in [0, 0.1) is 0 Å². The summed E-state index contributed by atoms with van der Waals surface area (Å²) in [6.07, 6.45) is 1.16. The molecule has 0 atom stereocenters. The Bertz CT molecular complexity index is 1040. The average Bonchev–Trinajstić information content (AvgIpc) is 2.96. The number of anilines is 1. The lowest BCUT2D eigenvalue weighted by molar-refractivity contribution is 0.102. The quantitative estimate of drug-likeness (QED) is 0.739. The second-order valence-electron chi connectivity index (χ2n) is 5.51. The monoisotopic (exact) mass is 376 g/mol. The van der Waals surface area contributed by atoms with E-state index < -0.39 is 9.84 Å². The van der Waals surface area contributed by atoms with E-state index in [0.717, 1.165) is 11.8 Å². The molecule has 1 amide bonds. The lowest BCUT2D eigenvalue weighted by Crippen LogP contribution is -2.11. The van der Waals surface area contributed by atoms with Crippen LogP contribution in [0.15, 0.2) is 47.4 Å². The van der Waals surface area contributed by atoms with Gasteiger partial charge in [0.1, 0.15) is 0 Å². The van der Waals surface area contributed by atoms with Crippen molar-refractivity contribution in [1.29, 1.82) is 0 Å². The number of ether oxygens (including phenoxy) is 1. The Morgan fingerprint density at radius 3 is 2.76 bits per heavy atom. The van der Waals surface area contributed by atoms with Crippen molar-refractivity contribution in [3.8, 4) is 0 Å². The number of nitrogens with zero attached hydrogens (tertiary/aromatic N) is 1. The summed E-state index contributed by atoms with van der Waals surface area (Å²) in [7, 11) is -1.69. The van der Waals surface area contributed by atoms with E-state index in [1.54, 1.807) is 37.4 Å². The van der Waals surface area contributed by atoms with Crippen molar-refractivity contribution in [1.82, 2.24) is 4.98 Å². The summed E-state index contributed by atoms with van der Waals surface area (Å²) in [5, 5.41) is 3.17. The number of carbonyl (C=O) groups excluding carboxylic acids is 1. The second kappa shape index (κ2) is 6.91. The van der Waals surface area contributed by atoms with Crippen LogP contribution in [0.4, 0.5) is 5.13 Å². The van der Waals surface area contributed by atoms with Crippen LogP contribution in [0.25, 0.3) is 10.2 Å². The van der Waals surface area contributed by atoms with Gasteiger partial charge in [-0.1, -0.05) is 23.5 Å². The number of methoxy groups -OCH3 is 1. The third kappa shape index (κ3) is 4.04. The molecule has 0 aliphatic carbocycles. The van der Waals surface area contributed by atoms with E-state index >= 15 is 0 Å². The zero-order valence-corrected chi connectivity index (χ0v) is 15.3. The molecule has 1 aromatic heterocycles. The fourth-order valence-electron chi connectivity index (χ4n) is 2.33. The van der Waals surface area contributed by atoms with Gasteiger partial charge in [0, 0.05) is 18.9 Å². The topological polar surface area (TPSA) is 85.4 Å². The molecule has 1 heterocycles. The number of nitrogens with one attached hydrogen (secondary N) is 1. The van der Waals surface area contributed by atoms with Gasteiger partial charge in [-0.2, -0.15) is 0 Å². The number of rotatable bonds is 5. The minimum atomic E-state index is -3.28. The molecular formula is C17H16N2O4S2. The molecule has 130 valence electrons. The van der Waals surface area contributed by atoms with Gasteiger partial charge in [-0.25, -0.2) is 13.4 Å². The summed E-state index contributed by atoms with van der Waals surface area (Å²) < 4.78 is 29.0. The summed E-state index contributed by atoms with van der Waals surface area (Å²) >= 11 is 1.23. The molecule has 0 saturated heterocycles. The van der Waals surface area contributed by atoms with E-state index in [2.05, 4.69) is 10.3 Å². The zero-order valence-electron chi connectivity index (χ0n) is 13.6. The van der Waals surface area contributed by atoms with Crippen molar-refractivity contribution in [2.45, 2.75) is 11.5 Å². The SMILES string of the molecule is COCc1cccc(C(=O)Nc2nc3ccc(S(C)(=O)=O)cc3s2)c1. The minimum Gasteiger partial charge on any atom is -0.380 e. The number of aromatic nitrogens is 1. The van der Waals surface area contributed by atoms with E-state index in [-0.39, 0.29) is 10.8 Å². The Balaban J connectivity index is 1.85. The van der Waals surface area contributed by atoms with Crippen molar-refractivity contribution < 1.29 is 17.9 Å². The van der Waals surface area contributed by atoms with Crippen molar-refractivity contribution >= 4 is 42.4 Å². The summed E-state index contributed by atoms with van der Waals surface area (Å²) in [5.41, 5.74) is 2.05. The summed E-state index contributed by atoms with van der Waals surface area (Å²) in [4.78, 5) is 16.9. The molecule has 0 bridgehead atoms. The minimum absolute atomic E-state index is 0.230. The number of carbonyl (C=O) groups is 1. The van der Waals surface area contributed by atoms with Crippen LogP contribution in [-0.4, -0.2) is 32.7 Å².